The fourth-order valence-corrected chi connectivity index (χ4v) is 3.13. The van der Waals surface area contributed by atoms with Gasteiger partial charge in [-0.05, 0) is 63.1 Å². The maximum Gasteiger partial charge on any atom is 0.335 e. The largest absolute Gasteiger partial charge is 0.478 e. The van der Waals surface area contributed by atoms with Gasteiger partial charge < -0.3 is 9.84 Å². The fraction of sp³-hybridized carbons (Fsp3) is 0.300. The molecule has 0 fully saturated rings. The molecule has 1 aliphatic rings. The molecule has 0 aliphatic carbocycles. The lowest BCUT2D eigenvalue weighted by Crippen LogP contribution is -2.17. The number of aliphatic imine (C=N–C) groups is 1. The van der Waals surface area contributed by atoms with Gasteiger partial charge in [0.1, 0.15) is 6.61 Å². The van der Waals surface area contributed by atoms with E-state index in [1.54, 1.807) is 19.1 Å². The molecule has 0 amide bonds. The molecular weight excluding hydrogens is 462 g/mol. The molecule has 0 radical (unpaired) electrons. The number of halogens is 2. The van der Waals surface area contributed by atoms with Crippen molar-refractivity contribution >= 4 is 43.7 Å². The Kier molecular flexibility index (Phi) is 6.64. The molecule has 0 aromatic heterocycles. The minimum atomic E-state index is -0.885. The molecule has 1 heterocycles. The summed E-state index contributed by atoms with van der Waals surface area (Å²) in [5.74, 6) is -0.123. The van der Waals surface area contributed by atoms with Crippen molar-refractivity contribution in [1.82, 2.24) is 0 Å². The summed E-state index contributed by atoms with van der Waals surface area (Å²) in [6.07, 6.45) is 0. The second kappa shape index (κ2) is 8.35. The van der Waals surface area contributed by atoms with Gasteiger partial charge in [-0.2, -0.15) is 0 Å². The molecule has 4 nitrogen and oxygen atoms in total. The Hall–Kier alpha value is -1.66. The summed E-state index contributed by atoms with van der Waals surface area (Å²) in [4.78, 5) is 15.1. The Bertz CT molecular complexity index is 860. The summed E-state index contributed by atoms with van der Waals surface area (Å²) < 4.78 is 7.54. The second-order valence-corrected chi connectivity index (χ2v) is 8.36. The Labute approximate surface area is 170 Å². The number of carboxylic acids is 1. The van der Waals surface area contributed by atoms with E-state index in [-0.39, 0.29) is 5.54 Å². The number of benzene rings is 2. The van der Waals surface area contributed by atoms with E-state index in [1.807, 2.05) is 24.3 Å². The van der Waals surface area contributed by atoms with Crippen LogP contribution in [0.1, 0.15) is 40.9 Å². The van der Waals surface area contributed by atoms with Crippen LogP contribution in [0, 0.1) is 13.8 Å². The summed E-state index contributed by atoms with van der Waals surface area (Å²) >= 11 is 6.76. The highest BCUT2D eigenvalue weighted by Crippen LogP contribution is 2.25. The van der Waals surface area contributed by atoms with E-state index in [2.05, 4.69) is 57.6 Å². The highest BCUT2D eigenvalue weighted by molar-refractivity contribution is 9.10. The van der Waals surface area contributed by atoms with Crippen LogP contribution in [0.4, 0.5) is 0 Å². The van der Waals surface area contributed by atoms with E-state index in [0.29, 0.717) is 12.2 Å². The minimum Gasteiger partial charge on any atom is -0.478 e. The topological polar surface area (TPSA) is 58.9 Å². The SMILES string of the molecule is Cc1c(Br)cccc1C(=O)O.Cc1c(Br)cccc1C1=NC(C)(C)CO1. The van der Waals surface area contributed by atoms with E-state index in [4.69, 9.17) is 9.84 Å². The quantitative estimate of drug-likeness (QED) is 0.591. The first-order chi connectivity index (χ1) is 12.1. The molecule has 0 bridgehead atoms. The van der Waals surface area contributed by atoms with Crippen molar-refractivity contribution in [1.29, 1.82) is 0 Å². The van der Waals surface area contributed by atoms with Gasteiger partial charge in [0.15, 0.2) is 0 Å². The molecule has 0 spiro atoms. The Morgan fingerprint density at radius 2 is 1.65 bits per heavy atom. The summed E-state index contributed by atoms with van der Waals surface area (Å²) in [5, 5.41) is 8.67. The predicted octanol–water partition coefficient (Wildman–Crippen LogP) is 5.77. The van der Waals surface area contributed by atoms with Gasteiger partial charge >= 0.3 is 5.97 Å². The van der Waals surface area contributed by atoms with Crippen LogP contribution in [0.2, 0.25) is 0 Å². The Balaban J connectivity index is 0.000000197. The lowest BCUT2D eigenvalue weighted by Gasteiger charge is -2.07. The number of hydrogen-bond acceptors (Lipinski definition) is 3. The number of carbonyl (C=O) groups is 1. The lowest BCUT2D eigenvalue weighted by molar-refractivity contribution is 0.0696. The first-order valence-electron chi connectivity index (χ1n) is 8.09. The minimum absolute atomic E-state index is 0.0932. The molecule has 1 N–H and O–H groups in total. The predicted molar refractivity (Wildman–Crippen MR) is 111 cm³/mol. The summed E-state index contributed by atoms with van der Waals surface area (Å²) in [7, 11) is 0. The molecule has 138 valence electrons. The average Bonchev–Trinajstić information content (AvgIpc) is 2.93. The molecule has 0 unspecified atom stereocenters. The van der Waals surface area contributed by atoms with Crippen LogP contribution in [-0.2, 0) is 4.74 Å². The fourth-order valence-electron chi connectivity index (χ4n) is 2.40. The van der Waals surface area contributed by atoms with Crippen molar-refractivity contribution in [2.45, 2.75) is 33.2 Å². The summed E-state index contributed by atoms with van der Waals surface area (Å²) in [6.45, 7) is 8.65. The highest BCUT2D eigenvalue weighted by atomic mass is 79.9. The van der Waals surface area contributed by atoms with Crippen LogP contribution in [-0.4, -0.2) is 29.1 Å². The van der Waals surface area contributed by atoms with Gasteiger partial charge in [-0.15, -0.1) is 0 Å². The average molecular weight is 483 g/mol. The first-order valence-corrected chi connectivity index (χ1v) is 9.67. The van der Waals surface area contributed by atoms with Gasteiger partial charge in [0, 0.05) is 14.5 Å². The molecular formula is C20H21Br2NO3. The van der Waals surface area contributed by atoms with Crippen LogP contribution in [0.25, 0.3) is 0 Å². The molecule has 2 aromatic carbocycles. The van der Waals surface area contributed by atoms with Gasteiger partial charge in [0.25, 0.3) is 0 Å². The Morgan fingerprint density at radius 3 is 2.15 bits per heavy atom. The standard InChI is InChI=1S/C12H14BrNO.C8H7BrO2/c1-8-9(5-4-6-10(8)13)11-14-12(2,3)7-15-11;1-5-6(8(10)11)3-2-4-7(5)9/h4-6H,7H2,1-3H3;2-4H,1H3,(H,10,11). The summed E-state index contributed by atoms with van der Waals surface area (Å²) in [5.41, 5.74) is 3.27. The summed E-state index contributed by atoms with van der Waals surface area (Å²) in [6, 6.07) is 11.2. The molecule has 1 aliphatic heterocycles. The van der Waals surface area contributed by atoms with Gasteiger partial charge in [-0.25, -0.2) is 9.79 Å². The van der Waals surface area contributed by atoms with Gasteiger partial charge in [0.05, 0.1) is 11.1 Å². The number of nitrogens with zero attached hydrogens (tertiary/aromatic N) is 1. The third kappa shape index (κ3) is 4.95. The number of rotatable bonds is 2. The third-order valence-electron chi connectivity index (χ3n) is 3.96. The normalized spacial score (nSPS) is 14.8. The van der Waals surface area contributed by atoms with Crippen molar-refractivity contribution in [3.8, 4) is 0 Å². The van der Waals surface area contributed by atoms with Crippen molar-refractivity contribution in [2.24, 2.45) is 4.99 Å². The zero-order valence-corrected chi connectivity index (χ0v) is 18.3. The zero-order valence-electron chi connectivity index (χ0n) is 15.1. The van der Waals surface area contributed by atoms with E-state index < -0.39 is 5.97 Å². The van der Waals surface area contributed by atoms with E-state index in [9.17, 15) is 4.79 Å². The molecule has 6 heteroatoms. The third-order valence-corrected chi connectivity index (χ3v) is 5.68. The van der Waals surface area contributed by atoms with E-state index in [1.165, 1.54) is 5.56 Å². The molecule has 0 saturated heterocycles. The van der Waals surface area contributed by atoms with Gasteiger partial charge in [-0.1, -0.05) is 44.0 Å². The monoisotopic (exact) mass is 481 g/mol. The molecule has 3 rings (SSSR count). The second-order valence-electron chi connectivity index (χ2n) is 6.65. The maximum absolute atomic E-state index is 10.6. The maximum atomic E-state index is 10.6. The number of ether oxygens (including phenoxy) is 1. The van der Waals surface area contributed by atoms with Crippen LogP contribution >= 0.6 is 31.9 Å². The molecule has 2 aromatic rings. The van der Waals surface area contributed by atoms with Crippen LogP contribution in [0.3, 0.4) is 0 Å². The van der Waals surface area contributed by atoms with E-state index >= 15 is 0 Å². The first kappa shape index (κ1) is 20.6. The smallest absolute Gasteiger partial charge is 0.335 e. The lowest BCUT2D eigenvalue weighted by atomic mass is 10.1. The number of aromatic carboxylic acids is 1. The number of hydrogen-bond donors (Lipinski definition) is 1. The molecule has 0 atom stereocenters. The van der Waals surface area contributed by atoms with Crippen LogP contribution in [0.5, 0.6) is 0 Å². The Morgan fingerprint density at radius 1 is 1.08 bits per heavy atom. The van der Waals surface area contributed by atoms with Crippen LogP contribution in [0.15, 0.2) is 50.3 Å². The number of carboxylic acid groups (broad SMARTS) is 1. The molecule has 26 heavy (non-hydrogen) atoms. The van der Waals surface area contributed by atoms with Crippen molar-refractivity contribution < 1.29 is 14.6 Å². The molecule has 0 saturated carbocycles. The van der Waals surface area contributed by atoms with Crippen molar-refractivity contribution in [2.75, 3.05) is 6.61 Å². The van der Waals surface area contributed by atoms with Crippen LogP contribution < -0.4 is 0 Å². The van der Waals surface area contributed by atoms with E-state index in [0.717, 1.165) is 26.0 Å². The zero-order chi connectivity index (χ0) is 19.5. The highest BCUT2D eigenvalue weighted by Gasteiger charge is 2.27. The van der Waals surface area contributed by atoms with Crippen molar-refractivity contribution in [3.05, 3.63) is 67.6 Å². The van der Waals surface area contributed by atoms with Gasteiger partial charge in [0.2, 0.25) is 5.90 Å². The van der Waals surface area contributed by atoms with Gasteiger partial charge in [-0.3, -0.25) is 0 Å². The van der Waals surface area contributed by atoms with Crippen molar-refractivity contribution in [3.63, 3.8) is 0 Å².